The predicted octanol–water partition coefficient (Wildman–Crippen LogP) is 4.05. The highest BCUT2D eigenvalue weighted by atomic mass is 16.6. The quantitative estimate of drug-likeness (QED) is 0.587. The summed E-state index contributed by atoms with van der Waals surface area (Å²) in [5.74, 6) is 0. The first kappa shape index (κ1) is 22.2. The molecule has 0 bridgehead atoms. The Balaban J connectivity index is 1.23. The van der Waals surface area contributed by atoms with Crippen LogP contribution in [0.4, 0.5) is 4.79 Å². The minimum atomic E-state index is -0.459. The molecule has 1 saturated heterocycles. The smallest absolute Gasteiger partial charge is 0.407 e. The molecule has 0 atom stereocenters. The largest absolute Gasteiger partial charge is 0.444 e. The van der Waals surface area contributed by atoms with Crippen LogP contribution in [0.5, 0.6) is 0 Å². The Labute approximate surface area is 189 Å². The highest BCUT2D eigenvalue weighted by Gasteiger charge is 2.21. The number of para-hydroxylation sites is 2. The molecular weight excluding hydrogens is 404 g/mol. The molecule has 3 aromatic rings. The van der Waals surface area contributed by atoms with Crippen LogP contribution in [0.25, 0.3) is 22.3 Å². The van der Waals surface area contributed by atoms with Gasteiger partial charge in [-0.1, -0.05) is 12.1 Å². The second-order valence-electron chi connectivity index (χ2n) is 9.31. The van der Waals surface area contributed by atoms with Crippen LogP contribution >= 0.6 is 0 Å². The molecule has 4 rings (SSSR count). The number of piperidine rings is 1. The molecule has 1 fully saturated rings. The van der Waals surface area contributed by atoms with E-state index < -0.39 is 5.60 Å². The van der Waals surface area contributed by atoms with Gasteiger partial charge in [0.2, 0.25) is 0 Å². The summed E-state index contributed by atoms with van der Waals surface area (Å²) in [5, 5.41) is 7.44. The van der Waals surface area contributed by atoms with Gasteiger partial charge < -0.3 is 15.0 Å². The lowest BCUT2D eigenvalue weighted by Gasteiger charge is -2.32. The van der Waals surface area contributed by atoms with E-state index in [9.17, 15) is 4.79 Å². The predicted molar refractivity (Wildman–Crippen MR) is 124 cm³/mol. The highest BCUT2D eigenvalue weighted by Crippen LogP contribution is 2.25. The minimum absolute atomic E-state index is 0.346. The zero-order valence-electron chi connectivity index (χ0n) is 19.1. The number of carbonyl (C=O) groups excluding carboxylic acids is 1. The standard InChI is InChI=1S/C24H32N6O2/c1-24(2,3)32-23(31)25-11-6-12-29-13-9-19(10-14-29)30-17-18(15-27-30)22-16-26-20-7-4-5-8-21(20)28-22/h4-5,7-8,15-17,19H,6,9-14H2,1-3H3,(H,25,31). The topological polar surface area (TPSA) is 85.2 Å². The molecule has 2 aromatic heterocycles. The second kappa shape index (κ2) is 9.65. The van der Waals surface area contributed by atoms with Crippen LogP contribution in [0.3, 0.4) is 0 Å². The van der Waals surface area contributed by atoms with Crippen molar-refractivity contribution in [3.63, 3.8) is 0 Å². The lowest BCUT2D eigenvalue weighted by atomic mass is 10.1. The number of carbonyl (C=O) groups is 1. The van der Waals surface area contributed by atoms with E-state index in [0.29, 0.717) is 12.6 Å². The molecule has 0 saturated carbocycles. The van der Waals surface area contributed by atoms with Crippen molar-refractivity contribution >= 4 is 17.1 Å². The summed E-state index contributed by atoms with van der Waals surface area (Å²) in [4.78, 5) is 23.4. The van der Waals surface area contributed by atoms with Gasteiger partial charge in [0.25, 0.3) is 0 Å². The van der Waals surface area contributed by atoms with Crippen molar-refractivity contribution in [1.82, 2.24) is 30.0 Å². The van der Waals surface area contributed by atoms with Crippen LogP contribution in [-0.4, -0.2) is 62.5 Å². The van der Waals surface area contributed by atoms with Gasteiger partial charge in [-0.05, 0) is 58.7 Å². The molecule has 0 radical (unpaired) electrons. The summed E-state index contributed by atoms with van der Waals surface area (Å²) >= 11 is 0. The fourth-order valence-corrected chi connectivity index (χ4v) is 3.98. The van der Waals surface area contributed by atoms with E-state index in [4.69, 9.17) is 9.72 Å². The Morgan fingerprint density at radius 3 is 2.66 bits per heavy atom. The number of hydrogen-bond donors (Lipinski definition) is 1. The third kappa shape index (κ3) is 5.82. The maximum atomic E-state index is 11.7. The maximum absolute atomic E-state index is 11.7. The van der Waals surface area contributed by atoms with Gasteiger partial charge in [-0.2, -0.15) is 5.10 Å². The monoisotopic (exact) mass is 436 g/mol. The number of nitrogens with zero attached hydrogens (tertiary/aromatic N) is 5. The van der Waals surface area contributed by atoms with Gasteiger partial charge in [-0.3, -0.25) is 9.67 Å². The summed E-state index contributed by atoms with van der Waals surface area (Å²) in [6.45, 7) is 9.27. The van der Waals surface area contributed by atoms with E-state index >= 15 is 0 Å². The third-order valence-electron chi connectivity index (χ3n) is 5.60. The molecule has 0 unspecified atom stereocenters. The Hall–Kier alpha value is -3.00. The Kier molecular flexibility index (Phi) is 6.69. The number of hydrogen-bond acceptors (Lipinski definition) is 6. The number of nitrogens with one attached hydrogen (secondary N) is 1. The van der Waals surface area contributed by atoms with Crippen molar-refractivity contribution in [3.05, 3.63) is 42.9 Å². The van der Waals surface area contributed by atoms with Gasteiger partial charge in [0.1, 0.15) is 5.60 Å². The minimum Gasteiger partial charge on any atom is -0.444 e. The van der Waals surface area contributed by atoms with Crippen LogP contribution in [0, 0.1) is 0 Å². The summed E-state index contributed by atoms with van der Waals surface area (Å²) in [5.41, 5.74) is 3.19. The maximum Gasteiger partial charge on any atom is 0.407 e. The first-order valence-corrected chi connectivity index (χ1v) is 11.3. The van der Waals surface area contributed by atoms with E-state index in [1.807, 2.05) is 57.4 Å². The molecule has 1 N–H and O–H groups in total. The van der Waals surface area contributed by atoms with Crippen molar-refractivity contribution in [2.24, 2.45) is 0 Å². The number of likely N-dealkylation sites (tertiary alicyclic amines) is 1. The second-order valence-corrected chi connectivity index (χ2v) is 9.31. The van der Waals surface area contributed by atoms with Crippen molar-refractivity contribution < 1.29 is 9.53 Å². The van der Waals surface area contributed by atoms with Crippen LogP contribution in [0.1, 0.15) is 46.1 Å². The number of benzene rings is 1. The van der Waals surface area contributed by atoms with Gasteiger partial charge in [-0.15, -0.1) is 0 Å². The van der Waals surface area contributed by atoms with Crippen LogP contribution in [0.2, 0.25) is 0 Å². The summed E-state index contributed by atoms with van der Waals surface area (Å²) in [6, 6.07) is 8.30. The average molecular weight is 437 g/mol. The summed E-state index contributed by atoms with van der Waals surface area (Å²) in [7, 11) is 0. The number of aromatic nitrogens is 4. The number of alkyl carbamates (subject to hydrolysis) is 1. The Morgan fingerprint density at radius 2 is 1.91 bits per heavy atom. The number of rotatable bonds is 6. The summed E-state index contributed by atoms with van der Waals surface area (Å²) in [6.07, 6.45) is 8.47. The Morgan fingerprint density at radius 1 is 1.16 bits per heavy atom. The van der Waals surface area contributed by atoms with Gasteiger partial charge in [0, 0.05) is 31.4 Å². The van der Waals surface area contributed by atoms with E-state index in [1.54, 1.807) is 0 Å². The highest BCUT2D eigenvalue weighted by molar-refractivity contribution is 5.76. The van der Waals surface area contributed by atoms with E-state index in [1.165, 1.54) is 0 Å². The zero-order chi connectivity index (χ0) is 22.6. The molecule has 1 amide bonds. The van der Waals surface area contributed by atoms with Gasteiger partial charge >= 0.3 is 6.09 Å². The lowest BCUT2D eigenvalue weighted by molar-refractivity contribution is 0.0525. The number of fused-ring (bicyclic) bond motifs is 1. The zero-order valence-corrected chi connectivity index (χ0v) is 19.1. The molecule has 1 aliphatic heterocycles. The molecule has 3 heterocycles. The third-order valence-corrected chi connectivity index (χ3v) is 5.60. The van der Waals surface area contributed by atoms with Crippen molar-refractivity contribution in [2.45, 2.75) is 51.7 Å². The summed E-state index contributed by atoms with van der Waals surface area (Å²) < 4.78 is 7.34. The van der Waals surface area contributed by atoms with Crippen molar-refractivity contribution in [2.75, 3.05) is 26.2 Å². The molecule has 32 heavy (non-hydrogen) atoms. The van der Waals surface area contributed by atoms with Gasteiger partial charge in [0.15, 0.2) is 0 Å². The molecule has 1 aromatic carbocycles. The molecule has 8 heteroatoms. The van der Waals surface area contributed by atoms with Crippen molar-refractivity contribution in [3.8, 4) is 11.3 Å². The number of amides is 1. The lowest BCUT2D eigenvalue weighted by Crippen LogP contribution is -2.37. The van der Waals surface area contributed by atoms with Crippen molar-refractivity contribution in [1.29, 1.82) is 0 Å². The molecule has 170 valence electrons. The Bertz CT molecular complexity index is 1050. The van der Waals surface area contributed by atoms with Gasteiger partial charge in [-0.25, -0.2) is 9.78 Å². The molecular formula is C24H32N6O2. The first-order valence-electron chi connectivity index (χ1n) is 11.3. The SMILES string of the molecule is CC(C)(C)OC(=O)NCCCN1CCC(n2cc(-c3cnc4ccccc4n3)cn2)CC1. The van der Waals surface area contributed by atoms with Crippen LogP contribution in [0.15, 0.2) is 42.9 Å². The molecule has 1 aliphatic rings. The average Bonchev–Trinajstić information content (AvgIpc) is 3.26. The van der Waals surface area contributed by atoms with E-state index in [0.717, 1.165) is 61.2 Å². The van der Waals surface area contributed by atoms with Gasteiger partial charge in [0.05, 0.1) is 35.2 Å². The van der Waals surface area contributed by atoms with Crippen LogP contribution in [-0.2, 0) is 4.74 Å². The number of ether oxygens (including phenoxy) is 1. The molecule has 8 nitrogen and oxygen atoms in total. The molecule has 0 aliphatic carbocycles. The fraction of sp³-hybridized carbons (Fsp3) is 0.500. The van der Waals surface area contributed by atoms with E-state index in [-0.39, 0.29) is 6.09 Å². The fourth-order valence-electron chi connectivity index (χ4n) is 3.98. The van der Waals surface area contributed by atoms with E-state index in [2.05, 4.69) is 31.2 Å². The normalized spacial score (nSPS) is 15.7. The van der Waals surface area contributed by atoms with Crippen LogP contribution < -0.4 is 5.32 Å². The molecule has 0 spiro atoms. The first-order chi connectivity index (χ1) is 15.4.